The predicted molar refractivity (Wildman–Crippen MR) is 82.2 cm³/mol. The molecule has 0 saturated heterocycles. The van der Waals surface area contributed by atoms with Gasteiger partial charge in [0.2, 0.25) is 0 Å². The maximum atomic E-state index is 12.6. The van der Waals surface area contributed by atoms with E-state index >= 15 is 0 Å². The van der Waals surface area contributed by atoms with Gasteiger partial charge in [-0.1, -0.05) is 13.8 Å². The van der Waals surface area contributed by atoms with Crippen molar-refractivity contribution in [1.82, 2.24) is 9.47 Å². The summed E-state index contributed by atoms with van der Waals surface area (Å²) < 4.78 is 24.8. The van der Waals surface area contributed by atoms with E-state index in [9.17, 15) is 13.2 Å². The third kappa shape index (κ3) is 3.61. The SMILES string of the molecule is CC(C)CN(C)C(=O)c1cc(S(=O)(=O)Cl)cn1C1CCC1. The zero-order valence-electron chi connectivity index (χ0n) is 12.5. The van der Waals surface area contributed by atoms with Gasteiger partial charge in [0, 0.05) is 36.5 Å². The van der Waals surface area contributed by atoms with Gasteiger partial charge in [-0.05, 0) is 31.2 Å². The highest BCUT2D eigenvalue weighted by Gasteiger charge is 2.28. The monoisotopic (exact) mass is 332 g/mol. The van der Waals surface area contributed by atoms with Gasteiger partial charge in [0.1, 0.15) is 10.6 Å². The van der Waals surface area contributed by atoms with Crippen molar-refractivity contribution in [3.63, 3.8) is 0 Å². The van der Waals surface area contributed by atoms with E-state index in [2.05, 4.69) is 0 Å². The first-order valence-electron chi connectivity index (χ1n) is 7.12. The lowest BCUT2D eigenvalue weighted by Gasteiger charge is -2.30. The van der Waals surface area contributed by atoms with Crippen molar-refractivity contribution < 1.29 is 13.2 Å². The number of hydrogen-bond donors (Lipinski definition) is 0. The van der Waals surface area contributed by atoms with Gasteiger partial charge >= 0.3 is 0 Å². The quantitative estimate of drug-likeness (QED) is 0.779. The first kappa shape index (κ1) is 16.4. The minimum Gasteiger partial charge on any atom is -0.340 e. The molecule has 0 atom stereocenters. The van der Waals surface area contributed by atoms with Gasteiger partial charge in [-0.2, -0.15) is 0 Å². The zero-order chi connectivity index (χ0) is 15.8. The van der Waals surface area contributed by atoms with Crippen molar-refractivity contribution in [3.05, 3.63) is 18.0 Å². The molecule has 1 aliphatic rings. The standard InChI is InChI=1S/C14H21ClN2O3S/c1-10(2)8-16(3)14(18)13-7-12(21(15,19)20)9-17(13)11-5-4-6-11/h7,9-11H,4-6,8H2,1-3H3. The van der Waals surface area contributed by atoms with E-state index in [1.54, 1.807) is 16.5 Å². The minimum absolute atomic E-state index is 0.00244. The molecule has 118 valence electrons. The van der Waals surface area contributed by atoms with Crippen LogP contribution in [0.1, 0.15) is 49.6 Å². The van der Waals surface area contributed by atoms with Gasteiger partial charge < -0.3 is 9.47 Å². The van der Waals surface area contributed by atoms with E-state index in [1.807, 2.05) is 13.8 Å². The number of halogens is 1. The highest BCUT2D eigenvalue weighted by molar-refractivity contribution is 8.13. The molecule has 1 aliphatic carbocycles. The normalized spacial score (nSPS) is 16.0. The number of carbonyl (C=O) groups excluding carboxylic acids is 1. The zero-order valence-corrected chi connectivity index (χ0v) is 14.1. The van der Waals surface area contributed by atoms with Gasteiger partial charge in [0.15, 0.2) is 0 Å². The molecular formula is C14H21ClN2O3S. The highest BCUT2D eigenvalue weighted by atomic mass is 35.7. The lowest BCUT2D eigenvalue weighted by Crippen LogP contribution is -2.33. The number of carbonyl (C=O) groups is 1. The molecule has 7 heteroatoms. The van der Waals surface area contributed by atoms with Gasteiger partial charge in [0.05, 0.1) is 0 Å². The first-order valence-corrected chi connectivity index (χ1v) is 9.43. The predicted octanol–water partition coefficient (Wildman–Crippen LogP) is 2.87. The Kier molecular flexibility index (Phi) is 4.68. The summed E-state index contributed by atoms with van der Waals surface area (Å²) in [6, 6.07) is 1.59. The molecule has 0 aliphatic heterocycles. The molecule has 1 amide bonds. The Morgan fingerprint density at radius 1 is 1.48 bits per heavy atom. The molecule has 1 aromatic heterocycles. The van der Waals surface area contributed by atoms with Gasteiger partial charge in [-0.3, -0.25) is 4.79 Å². The molecule has 0 unspecified atom stereocenters. The van der Waals surface area contributed by atoms with E-state index in [4.69, 9.17) is 10.7 Å². The van der Waals surface area contributed by atoms with Crippen LogP contribution in [0.3, 0.4) is 0 Å². The van der Waals surface area contributed by atoms with Crippen LogP contribution < -0.4 is 0 Å². The maximum absolute atomic E-state index is 12.6. The fourth-order valence-electron chi connectivity index (χ4n) is 2.55. The lowest BCUT2D eigenvalue weighted by atomic mass is 9.93. The number of nitrogens with zero attached hydrogens (tertiary/aromatic N) is 2. The summed E-state index contributed by atoms with van der Waals surface area (Å²) in [6.45, 7) is 4.68. The third-order valence-electron chi connectivity index (χ3n) is 3.78. The molecule has 2 rings (SSSR count). The van der Waals surface area contributed by atoms with E-state index in [0.29, 0.717) is 18.2 Å². The van der Waals surface area contributed by atoms with Crippen molar-refractivity contribution in [3.8, 4) is 0 Å². The summed E-state index contributed by atoms with van der Waals surface area (Å²) in [6.07, 6.45) is 4.51. The van der Waals surface area contributed by atoms with Crippen LogP contribution in [-0.2, 0) is 9.05 Å². The van der Waals surface area contributed by atoms with Crippen LogP contribution in [0.2, 0.25) is 0 Å². The second-order valence-electron chi connectivity index (χ2n) is 6.07. The second-order valence-corrected chi connectivity index (χ2v) is 8.64. The molecule has 0 N–H and O–H groups in total. The molecule has 0 radical (unpaired) electrons. The average Bonchev–Trinajstić information content (AvgIpc) is 2.69. The molecule has 21 heavy (non-hydrogen) atoms. The molecule has 0 bridgehead atoms. The first-order chi connectivity index (χ1) is 9.70. The Balaban J connectivity index is 2.36. The van der Waals surface area contributed by atoms with Crippen LogP contribution in [0.15, 0.2) is 17.2 Å². The molecular weight excluding hydrogens is 312 g/mol. The van der Waals surface area contributed by atoms with Crippen LogP contribution in [0.5, 0.6) is 0 Å². The van der Waals surface area contributed by atoms with Crippen LogP contribution in [0.4, 0.5) is 0 Å². The minimum atomic E-state index is -3.82. The lowest BCUT2D eigenvalue weighted by molar-refractivity contribution is 0.0762. The van der Waals surface area contributed by atoms with Gasteiger partial charge in [0.25, 0.3) is 15.0 Å². The van der Waals surface area contributed by atoms with Crippen LogP contribution in [0.25, 0.3) is 0 Å². The molecule has 1 saturated carbocycles. The summed E-state index contributed by atoms with van der Waals surface area (Å²) >= 11 is 0. The Labute approximate surface area is 130 Å². The third-order valence-corrected chi connectivity index (χ3v) is 5.10. The Morgan fingerprint density at radius 3 is 2.52 bits per heavy atom. The van der Waals surface area contributed by atoms with Gasteiger partial charge in [-0.15, -0.1) is 0 Å². The second kappa shape index (κ2) is 6.01. The summed E-state index contributed by atoms with van der Waals surface area (Å²) in [4.78, 5) is 14.2. The van der Waals surface area contributed by atoms with E-state index < -0.39 is 9.05 Å². The molecule has 1 aromatic rings. The Morgan fingerprint density at radius 2 is 2.10 bits per heavy atom. The van der Waals surface area contributed by atoms with Crippen LogP contribution in [0, 0.1) is 5.92 Å². The smallest absolute Gasteiger partial charge is 0.270 e. The molecule has 1 fully saturated rings. The van der Waals surface area contributed by atoms with E-state index in [1.165, 1.54) is 12.3 Å². The average molecular weight is 333 g/mol. The largest absolute Gasteiger partial charge is 0.340 e. The van der Waals surface area contributed by atoms with Crippen molar-refractivity contribution in [2.24, 2.45) is 5.92 Å². The summed E-state index contributed by atoms with van der Waals surface area (Å²) in [7, 11) is 3.32. The fourth-order valence-corrected chi connectivity index (χ4v) is 3.30. The maximum Gasteiger partial charge on any atom is 0.270 e. The fraction of sp³-hybridized carbons (Fsp3) is 0.643. The molecule has 1 heterocycles. The van der Waals surface area contributed by atoms with Crippen LogP contribution >= 0.6 is 10.7 Å². The number of hydrogen-bond acceptors (Lipinski definition) is 3. The molecule has 0 spiro atoms. The van der Waals surface area contributed by atoms with Crippen molar-refractivity contribution in [2.75, 3.05) is 13.6 Å². The molecule has 0 aromatic carbocycles. The number of rotatable bonds is 5. The van der Waals surface area contributed by atoms with Crippen molar-refractivity contribution in [2.45, 2.75) is 44.0 Å². The number of aromatic nitrogens is 1. The summed E-state index contributed by atoms with van der Waals surface area (Å²) in [5, 5.41) is 0. The summed E-state index contributed by atoms with van der Waals surface area (Å²) in [5.74, 6) is 0.185. The van der Waals surface area contributed by atoms with Crippen molar-refractivity contribution >= 4 is 25.6 Å². The highest BCUT2D eigenvalue weighted by Crippen LogP contribution is 2.35. The van der Waals surface area contributed by atoms with E-state index in [-0.39, 0.29) is 16.8 Å². The number of amides is 1. The van der Waals surface area contributed by atoms with Gasteiger partial charge in [-0.25, -0.2) is 8.42 Å². The Bertz CT molecular complexity index is 633. The topological polar surface area (TPSA) is 59.4 Å². The summed E-state index contributed by atoms with van der Waals surface area (Å²) in [5.41, 5.74) is 0.405. The Hall–Kier alpha value is -1.01. The van der Waals surface area contributed by atoms with E-state index in [0.717, 1.165) is 19.3 Å². The van der Waals surface area contributed by atoms with Crippen LogP contribution in [-0.4, -0.2) is 37.4 Å². The van der Waals surface area contributed by atoms with Crippen molar-refractivity contribution in [1.29, 1.82) is 0 Å². The molecule has 5 nitrogen and oxygen atoms in total.